The monoisotopic (exact) mass is 390 g/mol. The van der Waals surface area contributed by atoms with Crippen molar-refractivity contribution in [3.05, 3.63) is 33.3 Å². The number of ether oxygens (including phenoxy) is 1. The summed E-state index contributed by atoms with van der Waals surface area (Å²) < 4.78 is 6.10. The molecule has 1 amide bonds. The summed E-state index contributed by atoms with van der Waals surface area (Å²) in [6.07, 6.45) is -0.408. The number of hydrogen-bond acceptors (Lipinski definition) is 3. The highest BCUT2D eigenvalue weighted by molar-refractivity contribution is 9.10. The van der Waals surface area contributed by atoms with E-state index in [1.807, 2.05) is 52.8 Å². The van der Waals surface area contributed by atoms with Gasteiger partial charge in [-0.05, 0) is 68.2 Å². The molecule has 0 atom stereocenters. The third-order valence-corrected chi connectivity index (χ3v) is 4.06. The first-order chi connectivity index (χ1) is 9.98. The molecule has 22 heavy (non-hydrogen) atoms. The summed E-state index contributed by atoms with van der Waals surface area (Å²) in [4.78, 5) is 11.7. The Morgan fingerprint density at radius 1 is 1.27 bits per heavy atom. The predicted octanol–water partition coefficient (Wildman–Crippen LogP) is 4.50. The van der Waals surface area contributed by atoms with E-state index in [0.717, 1.165) is 10.0 Å². The summed E-state index contributed by atoms with van der Waals surface area (Å²) >= 11 is 9.45. The van der Waals surface area contributed by atoms with Gasteiger partial charge in [0.2, 0.25) is 0 Å². The van der Waals surface area contributed by atoms with Crippen molar-refractivity contribution in [2.24, 2.45) is 0 Å². The van der Waals surface area contributed by atoms with Crippen LogP contribution in [0.4, 0.5) is 4.79 Å². The van der Waals surface area contributed by atoms with Crippen LogP contribution < -0.4 is 10.6 Å². The van der Waals surface area contributed by atoms with Crippen LogP contribution in [0.1, 0.15) is 40.2 Å². The van der Waals surface area contributed by atoms with Gasteiger partial charge in [-0.25, -0.2) is 4.79 Å². The quantitative estimate of drug-likeness (QED) is 0.777. The van der Waals surface area contributed by atoms with Crippen molar-refractivity contribution in [2.75, 3.05) is 6.54 Å². The lowest BCUT2D eigenvalue weighted by atomic mass is 10.1. The first-order valence-corrected chi connectivity index (χ1v) is 8.31. The maximum absolute atomic E-state index is 11.7. The molecule has 1 rings (SSSR count). The summed E-state index contributed by atoms with van der Waals surface area (Å²) in [6, 6.07) is 5.83. The van der Waals surface area contributed by atoms with Gasteiger partial charge in [0.25, 0.3) is 0 Å². The zero-order valence-electron chi connectivity index (χ0n) is 13.7. The van der Waals surface area contributed by atoms with E-state index in [0.29, 0.717) is 18.1 Å². The highest BCUT2D eigenvalue weighted by Gasteiger charge is 2.21. The largest absolute Gasteiger partial charge is 0.444 e. The predicted molar refractivity (Wildman–Crippen MR) is 94.3 cm³/mol. The summed E-state index contributed by atoms with van der Waals surface area (Å²) in [7, 11) is 0. The van der Waals surface area contributed by atoms with Crippen LogP contribution in [0.3, 0.4) is 0 Å². The molecule has 0 heterocycles. The molecule has 0 aliphatic rings. The number of halogens is 2. The van der Waals surface area contributed by atoms with E-state index in [1.165, 1.54) is 0 Å². The van der Waals surface area contributed by atoms with Crippen molar-refractivity contribution in [3.63, 3.8) is 0 Å². The SMILES string of the molecule is CC(C)(CNC(=O)OC(C)(C)C)NCc1ccc(Br)c(Cl)c1. The Balaban J connectivity index is 2.46. The van der Waals surface area contributed by atoms with Gasteiger partial charge in [0.15, 0.2) is 0 Å². The number of nitrogens with one attached hydrogen (secondary N) is 2. The minimum Gasteiger partial charge on any atom is -0.444 e. The summed E-state index contributed by atoms with van der Waals surface area (Å²) in [5.74, 6) is 0. The second-order valence-electron chi connectivity index (χ2n) is 6.84. The van der Waals surface area contributed by atoms with Gasteiger partial charge in [0.05, 0.1) is 5.02 Å². The molecular formula is C16H24BrClN2O2. The lowest BCUT2D eigenvalue weighted by molar-refractivity contribution is 0.0513. The molecule has 6 heteroatoms. The zero-order valence-corrected chi connectivity index (χ0v) is 16.1. The molecule has 0 saturated heterocycles. The third-order valence-electron chi connectivity index (χ3n) is 2.83. The van der Waals surface area contributed by atoms with Crippen molar-refractivity contribution < 1.29 is 9.53 Å². The van der Waals surface area contributed by atoms with Crippen LogP contribution in [0.2, 0.25) is 5.02 Å². The average Bonchev–Trinajstić information content (AvgIpc) is 2.36. The van der Waals surface area contributed by atoms with Crippen LogP contribution in [-0.4, -0.2) is 23.8 Å². The minimum absolute atomic E-state index is 0.267. The zero-order chi connectivity index (χ0) is 17.0. The van der Waals surface area contributed by atoms with Gasteiger partial charge in [0.1, 0.15) is 5.60 Å². The molecule has 0 fully saturated rings. The molecular weight excluding hydrogens is 368 g/mol. The van der Waals surface area contributed by atoms with Gasteiger partial charge in [-0.2, -0.15) is 0 Å². The molecule has 0 aromatic heterocycles. The first kappa shape index (κ1) is 19.3. The molecule has 0 unspecified atom stereocenters. The number of hydrogen-bond donors (Lipinski definition) is 2. The van der Waals surface area contributed by atoms with Crippen LogP contribution >= 0.6 is 27.5 Å². The van der Waals surface area contributed by atoms with Gasteiger partial charge >= 0.3 is 6.09 Å². The van der Waals surface area contributed by atoms with E-state index < -0.39 is 11.7 Å². The smallest absolute Gasteiger partial charge is 0.407 e. The molecule has 1 aromatic rings. The fraction of sp³-hybridized carbons (Fsp3) is 0.562. The number of rotatable bonds is 5. The fourth-order valence-corrected chi connectivity index (χ4v) is 2.11. The number of carbonyl (C=O) groups is 1. The van der Waals surface area contributed by atoms with Gasteiger partial charge < -0.3 is 15.4 Å². The van der Waals surface area contributed by atoms with Crippen molar-refractivity contribution in [1.29, 1.82) is 0 Å². The lowest BCUT2D eigenvalue weighted by Crippen LogP contribution is -2.49. The second-order valence-corrected chi connectivity index (χ2v) is 8.10. The van der Waals surface area contributed by atoms with E-state index in [9.17, 15) is 4.79 Å². The maximum atomic E-state index is 11.7. The Bertz CT molecular complexity index is 527. The van der Waals surface area contributed by atoms with Gasteiger partial charge in [-0.15, -0.1) is 0 Å². The lowest BCUT2D eigenvalue weighted by Gasteiger charge is -2.28. The van der Waals surface area contributed by atoms with Crippen LogP contribution in [0, 0.1) is 0 Å². The van der Waals surface area contributed by atoms with Gasteiger partial charge in [0, 0.05) is 23.1 Å². The van der Waals surface area contributed by atoms with Crippen LogP contribution in [0.25, 0.3) is 0 Å². The molecule has 0 aliphatic heterocycles. The first-order valence-electron chi connectivity index (χ1n) is 7.14. The number of benzene rings is 1. The highest BCUT2D eigenvalue weighted by Crippen LogP contribution is 2.23. The van der Waals surface area contributed by atoms with Gasteiger partial charge in [-0.3, -0.25) is 0 Å². The normalized spacial score (nSPS) is 12.1. The maximum Gasteiger partial charge on any atom is 0.407 e. The Morgan fingerprint density at radius 3 is 2.45 bits per heavy atom. The number of carbonyl (C=O) groups excluding carboxylic acids is 1. The van der Waals surface area contributed by atoms with Crippen LogP contribution in [0.15, 0.2) is 22.7 Å². The standard InChI is InChI=1S/C16H24BrClN2O2/c1-15(2,3)22-14(21)19-10-16(4,5)20-9-11-6-7-12(17)13(18)8-11/h6-8,20H,9-10H2,1-5H3,(H,19,21). The van der Waals surface area contributed by atoms with Gasteiger partial charge in [-0.1, -0.05) is 17.7 Å². The molecule has 0 aliphatic carbocycles. The van der Waals surface area contributed by atoms with E-state index >= 15 is 0 Å². The minimum atomic E-state index is -0.490. The summed E-state index contributed by atoms with van der Waals surface area (Å²) in [6.45, 7) is 10.7. The molecule has 0 saturated carbocycles. The van der Waals surface area contributed by atoms with Crippen LogP contribution in [-0.2, 0) is 11.3 Å². The molecule has 4 nitrogen and oxygen atoms in total. The van der Waals surface area contributed by atoms with E-state index in [1.54, 1.807) is 0 Å². The Kier molecular flexibility index (Phi) is 6.71. The topological polar surface area (TPSA) is 50.4 Å². The molecule has 0 bridgehead atoms. The molecule has 0 spiro atoms. The Labute approximate surface area is 146 Å². The van der Waals surface area contributed by atoms with Crippen molar-refractivity contribution in [3.8, 4) is 0 Å². The molecule has 2 N–H and O–H groups in total. The highest BCUT2D eigenvalue weighted by atomic mass is 79.9. The van der Waals surface area contributed by atoms with Crippen molar-refractivity contribution in [2.45, 2.75) is 52.3 Å². The van der Waals surface area contributed by atoms with Crippen molar-refractivity contribution >= 4 is 33.6 Å². The average molecular weight is 392 g/mol. The van der Waals surface area contributed by atoms with E-state index in [-0.39, 0.29) is 5.54 Å². The second kappa shape index (κ2) is 7.66. The Hall–Kier alpha value is -0.780. The summed E-state index contributed by atoms with van der Waals surface area (Å²) in [5, 5.41) is 6.86. The number of alkyl carbamates (subject to hydrolysis) is 1. The molecule has 0 radical (unpaired) electrons. The summed E-state index contributed by atoms with van der Waals surface area (Å²) in [5.41, 5.74) is 0.324. The number of amides is 1. The molecule has 124 valence electrons. The van der Waals surface area contributed by atoms with Crippen LogP contribution in [0.5, 0.6) is 0 Å². The Morgan fingerprint density at radius 2 is 1.91 bits per heavy atom. The third kappa shape index (κ3) is 7.47. The van der Waals surface area contributed by atoms with E-state index in [4.69, 9.17) is 16.3 Å². The fourth-order valence-electron chi connectivity index (χ4n) is 1.66. The molecule has 1 aromatic carbocycles. The van der Waals surface area contributed by atoms with Crippen molar-refractivity contribution in [1.82, 2.24) is 10.6 Å². The van der Waals surface area contributed by atoms with E-state index in [2.05, 4.69) is 26.6 Å².